The molecule has 2 aromatic rings. The molecule has 2 rings (SSSR count). The van der Waals surface area contributed by atoms with Crippen LogP contribution < -0.4 is 10.5 Å². The molecule has 0 fully saturated rings. The minimum absolute atomic E-state index is 0.128. The van der Waals surface area contributed by atoms with Crippen molar-refractivity contribution in [2.75, 3.05) is 5.73 Å². The standard InChI is InChI=1S/C12H7F3N4O/c13-12(14,15)8-5-7(6-16)1-2-9(8)20-11-10(17)18-3-4-19-11/h1-5H,(H2,17,18). The number of nitrogen functional groups attached to an aromatic ring is 1. The first-order chi connectivity index (χ1) is 9.41. The Morgan fingerprint density at radius 1 is 1.20 bits per heavy atom. The fourth-order valence-electron chi connectivity index (χ4n) is 1.43. The Hall–Kier alpha value is -2.82. The van der Waals surface area contributed by atoms with Gasteiger partial charge in [-0.2, -0.15) is 18.4 Å². The van der Waals surface area contributed by atoms with E-state index in [0.29, 0.717) is 6.07 Å². The number of halogens is 3. The summed E-state index contributed by atoms with van der Waals surface area (Å²) in [4.78, 5) is 7.35. The average molecular weight is 280 g/mol. The lowest BCUT2D eigenvalue weighted by molar-refractivity contribution is -0.138. The monoisotopic (exact) mass is 280 g/mol. The summed E-state index contributed by atoms with van der Waals surface area (Å²) in [5.74, 6) is -0.864. The van der Waals surface area contributed by atoms with Crippen molar-refractivity contribution in [3.63, 3.8) is 0 Å². The molecule has 0 saturated heterocycles. The molecule has 1 aromatic heterocycles. The lowest BCUT2D eigenvalue weighted by Crippen LogP contribution is -2.08. The Morgan fingerprint density at radius 3 is 2.50 bits per heavy atom. The van der Waals surface area contributed by atoms with Crippen LogP contribution in [0.25, 0.3) is 0 Å². The molecule has 5 nitrogen and oxygen atoms in total. The topological polar surface area (TPSA) is 84.8 Å². The number of nitrogens with two attached hydrogens (primary N) is 1. The molecular formula is C12H7F3N4O. The normalized spacial score (nSPS) is 10.9. The minimum Gasteiger partial charge on any atom is -0.435 e. The number of benzene rings is 1. The van der Waals surface area contributed by atoms with Crippen LogP contribution in [0.5, 0.6) is 11.6 Å². The van der Waals surface area contributed by atoms with E-state index >= 15 is 0 Å². The van der Waals surface area contributed by atoms with Gasteiger partial charge in [0.1, 0.15) is 5.75 Å². The first-order valence-corrected chi connectivity index (χ1v) is 5.27. The Bertz CT molecular complexity index is 679. The fourth-order valence-corrected chi connectivity index (χ4v) is 1.43. The second-order valence-electron chi connectivity index (χ2n) is 3.67. The van der Waals surface area contributed by atoms with Crippen molar-refractivity contribution in [2.24, 2.45) is 0 Å². The van der Waals surface area contributed by atoms with E-state index in [2.05, 4.69) is 9.97 Å². The van der Waals surface area contributed by atoms with Gasteiger partial charge in [-0.05, 0) is 18.2 Å². The Morgan fingerprint density at radius 2 is 1.90 bits per heavy atom. The molecular weight excluding hydrogens is 273 g/mol. The predicted octanol–water partition coefficient (Wildman–Crippen LogP) is 2.74. The first kappa shape index (κ1) is 13.6. The van der Waals surface area contributed by atoms with Crippen LogP contribution in [0.15, 0.2) is 30.6 Å². The van der Waals surface area contributed by atoms with E-state index in [1.54, 1.807) is 6.07 Å². The summed E-state index contributed by atoms with van der Waals surface area (Å²) in [6, 6.07) is 4.57. The summed E-state index contributed by atoms with van der Waals surface area (Å²) in [7, 11) is 0. The molecule has 102 valence electrons. The van der Waals surface area contributed by atoms with Gasteiger partial charge in [-0.1, -0.05) is 0 Å². The van der Waals surface area contributed by atoms with Gasteiger partial charge in [0.25, 0.3) is 5.88 Å². The van der Waals surface area contributed by atoms with E-state index in [-0.39, 0.29) is 17.3 Å². The van der Waals surface area contributed by atoms with E-state index in [9.17, 15) is 13.2 Å². The van der Waals surface area contributed by atoms with Crippen LogP contribution in [0.1, 0.15) is 11.1 Å². The van der Waals surface area contributed by atoms with Crippen molar-refractivity contribution in [3.8, 4) is 17.7 Å². The van der Waals surface area contributed by atoms with Crippen molar-refractivity contribution < 1.29 is 17.9 Å². The van der Waals surface area contributed by atoms with Gasteiger partial charge in [-0.25, -0.2) is 9.97 Å². The number of aromatic nitrogens is 2. The molecule has 8 heteroatoms. The summed E-state index contributed by atoms with van der Waals surface area (Å²) in [6.07, 6.45) is -2.15. The maximum absolute atomic E-state index is 12.9. The van der Waals surface area contributed by atoms with Gasteiger partial charge in [-0.3, -0.25) is 0 Å². The van der Waals surface area contributed by atoms with Gasteiger partial charge >= 0.3 is 6.18 Å². The maximum Gasteiger partial charge on any atom is 0.420 e. The van der Waals surface area contributed by atoms with Crippen LogP contribution in [-0.4, -0.2) is 9.97 Å². The molecule has 0 saturated carbocycles. The zero-order valence-corrected chi connectivity index (χ0v) is 9.85. The number of nitriles is 1. The van der Waals surface area contributed by atoms with E-state index in [4.69, 9.17) is 15.7 Å². The highest BCUT2D eigenvalue weighted by Crippen LogP contribution is 2.38. The Balaban J connectivity index is 2.47. The summed E-state index contributed by atoms with van der Waals surface area (Å²) >= 11 is 0. The van der Waals surface area contributed by atoms with Gasteiger partial charge in [-0.15, -0.1) is 0 Å². The van der Waals surface area contributed by atoms with Gasteiger partial charge in [0.15, 0.2) is 5.82 Å². The number of nitrogens with zero attached hydrogens (tertiary/aromatic N) is 3. The molecule has 0 atom stereocenters. The molecule has 0 bridgehead atoms. The molecule has 0 spiro atoms. The van der Waals surface area contributed by atoms with Gasteiger partial charge in [0.05, 0.1) is 17.2 Å². The molecule has 0 aliphatic carbocycles. The smallest absolute Gasteiger partial charge is 0.420 e. The van der Waals surface area contributed by atoms with E-state index in [1.165, 1.54) is 18.5 Å². The number of rotatable bonds is 2. The quantitative estimate of drug-likeness (QED) is 0.914. The second-order valence-corrected chi connectivity index (χ2v) is 3.67. The van der Waals surface area contributed by atoms with Crippen LogP contribution in [0.2, 0.25) is 0 Å². The fraction of sp³-hybridized carbons (Fsp3) is 0.0833. The zero-order valence-electron chi connectivity index (χ0n) is 9.85. The van der Waals surface area contributed by atoms with Crippen molar-refractivity contribution in [3.05, 3.63) is 41.7 Å². The minimum atomic E-state index is -4.67. The summed E-state index contributed by atoms with van der Waals surface area (Å²) < 4.78 is 43.8. The summed E-state index contributed by atoms with van der Waals surface area (Å²) in [6.45, 7) is 0. The van der Waals surface area contributed by atoms with E-state index in [1.807, 2.05) is 0 Å². The summed E-state index contributed by atoms with van der Waals surface area (Å²) in [5, 5.41) is 8.65. The number of alkyl halides is 3. The van der Waals surface area contributed by atoms with E-state index in [0.717, 1.165) is 6.07 Å². The molecule has 0 amide bonds. The number of anilines is 1. The molecule has 0 unspecified atom stereocenters. The average Bonchev–Trinajstić information content (AvgIpc) is 2.40. The largest absolute Gasteiger partial charge is 0.435 e. The van der Waals surface area contributed by atoms with Crippen LogP contribution in [-0.2, 0) is 6.18 Å². The number of ether oxygens (including phenoxy) is 1. The molecule has 1 heterocycles. The summed E-state index contributed by atoms with van der Waals surface area (Å²) in [5.41, 5.74) is 4.24. The zero-order chi connectivity index (χ0) is 14.8. The third-order valence-electron chi connectivity index (χ3n) is 2.31. The Kier molecular flexibility index (Phi) is 3.43. The number of hydrogen-bond donors (Lipinski definition) is 1. The van der Waals surface area contributed by atoms with Gasteiger partial charge in [0.2, 0.25) is 0 Å². The van der Waals surface area contributed by atoms with Crippen LogP contribution in [0.3, 0.4) is 0 Å². The second kappa shape index (κ2) is 5.05. The molecule has 0 radical (unpaired) electrons. The highest BCUT2D eigenvalue weighted by atomic mass is 19.4. The van der Waals surface area contributed by atoms with Crippen molar-refractivity contribution in [1.29, 1.82) is 5.26 Å². The van der Waals surface area contributed by atoms with Gasteiger partial charge in [0, 0.05) is 12.4 Å². The van der Waals surface area contributed by atoms with E-state index < -0.39 is 17.5 Å². The Labute approximate surface area is 111 Å². The lowest BCUT2D eigenvalue weighted by Gasteiger charge is -2.13. The van der Waals surface area contributed by atoms with Crippen LogP contribution >= 0.6 is 0 Å². The van der Waals surface area contributed by atoms with Crippen molar-refractivity contribution in [2.45, 2.75) is 6.18 Å². The highest BCUT2D eigenvalue weighted by molar-refractivity contribution is 5.48. The molecule has 0 aliphatic heterocycles. The molecule has 20 heavy (non-hydrogen) atoms. The SMILES string of the molecule is N#Cc1ccc(Oc2nccnc2N)c(C(F)(F)F)c1. The maximum atomic E-state index is 12.9. The highest BCUT2D eigenvalue weighted by Gasteiger charge is 2.35. The molecule has 2 N–H and O–H groups in total. The first-order valence-electron chi connectivity index (χ1n) is 5.27. The molecule has 1 aromatic carbocycles. The van der Waals surface area contributed by atoms with Crippen molar-refractivity contribution in [1.82, 2.24) is 9.97 Å². The van der Waals surface area contributed by atoms with Gasteiger partial charge < -0.3 is 10.5 Å². The van der Waals surface area contributed by atoms with Crippen LogP contribution in [0.4, 0.5) is 19.0 Å². The third-order valence-corrected chi connectivity index (χ3v) is 2.31. The van der Waals surface area contributed by atoms with Crippen LogP contribution in [0, 0.1) is 11.3 Å². The number of hydrogen-bond acceptors (Lipinski definition) is 5. The molecule has 0 aliphatic rings. The lowest BCUT2D eigenvalue weighted by atomic mass is 10.1. The van der Waals surface area contributed by atoms with Crippen molar-refractivity contribution >= 4 is 5.82 Å². The third kappa shape index (κ3) is 2.77. The predicted molar refractivity (Wildman–Crippen MR) is 62.7 cm³/mol.